The van der Waals surface area contributed by atoms with Crippen molar-refractivity contribution in [3.63, 3.8) is 0 Å². The zero-order valence-electron chi connectivity index (χ0n) is 11.6. The molecule has 0 saturated carbocycles. The van der Waals surface area contributed by atoms with E-state index in [1.54, 1.807) is 11.1 Å². The summed E-state index contributed by atoms with van der Waals surface area (Å²) in [5.41, 5.74) is 4.96. The minimum absolute atomic E-state index is 0. The highest BCUT2D eigenvalue weighted by atomic mass is 79.9. The van der Waals surface area contributed by atoms with Gasteiger partial charge in [0, 0.05) is 0 Å². The third kappa shape index (κ3) is 4.71. The van der Waals surface area contributed by atoms with Crippen LogP contribution >= 0.6 is 17.0 Å². The van der Waals surface area contributed by atoms with Crippen LogP contribution in [-0.4, -0.2) is 23.4 Å². The maximum Gasteiger partial charge on any atom is 0.0662 e. The Hall–Kier alpha value is -0.380. The second kappa shape index (κ2) is 7.93. The lowest BCUT2D eigenvalue weighted by atomic mass is 9.72. The summed E-state index contributed by atoms with van der Waals surface area (Å²) >= 11 is 0. The van der Waals surface area contributed by atoms with Crippen molar-refractivity contribution in [2.24, 2.45) is 0 Å². The topological polar surface area (TPSA) is 40.5 Å². The van der Waals surface area contributed by atoms with Gasteiger partial charge in [0.15, 0.2) is 0 Å². The highest BCUT2D eigenvalue weighted by Gasteiger charge is 2.26. The number of aryl methyl sites for hydroxylation is 2. The summed E-state index contributed by atoms with van der Waals surface area (Å²) < 4.78 is 0. The highest BCUT2D eigenvalue weighted by molar-refractivity contribution is 8.93. The third-order valence-corrected chi connectivity index (χ3v) is 3.34. The molecule has 0 amide bonds. The molecule has 0 radical (unpaired) electrons. The van der Waals surface area contributed by atoms with Crippen LogP contribution in [0.3, 0.4) is 0 Å². The van der Waals surface area contributed by atoms with Crippen molar-refractivity contribution >= 4 is 17.0 Å². The molecule has 2 N–H and O–H groups in total. The SMILES string of the molecule is Br.Cc1ccc2c(c1)CCCC2(C)C.OCCO. The van der Waals surface area contributed by atoms with Gasteiger partial charge in [-0.3, -0.25) is 0 Å². The first kappa shape index (κ1) is 17.6. The minimum atomic E-state index is -0.125. The molecule has 0 fully saturated rings. The Bertz CT molecular complexity index is 360. The quantitative estimate of drug-likeness (QED) is 0.835. The molecule has 1 aromatic rings. The molecular weight excluding hydrogens is 292 g/mol. The Labute approximate surface area is 121 Å². The fourth-order valence-corrected chi connectivity index (χ4v) is 2.45. The lowest BCUT2D eigenvalue weighted by Gasteiger charge is -2.32. The maximum atomic E-state index is 7.62. The second-order valence-corrected chi connectivity index (χ2v) is 5.35. The predicted octanol–water partition coefficient (Wildman–Crippen LogP) is 3.16. The lowest BCUT2D eigenvalue weighted by molar-refractivity contribution is 0.186. The normalized spacial score (nSPS) is 15.8. The zero-order chi connectivity index (χ0) is 12.9. The van der Waals surface area contributed by atoms with Gasteiger partial charge in [-0.1, -0.05) is 37.6 Å². The molecule has 0 aromatic heterocycles. The summed E-state index contributed by atoms with van der Waals surface area (Å²) in [6, 6.07) is 6.92. The van der Waals surface area contributed by atoms with Crippen molar-refractivity contribution < 1.29 is 10.2 Å². The molecule has 1 aromatic carbocycles. The molecule has 2 rings (SSSR count). The van der Waals surface area contributed by atoms with Crippen molar-refractivity contribution in [1.29, 1.82) is 0 Å². The molecule has 0 atom stereocenters. The Balaban J connectivity index is 0.000000512. The monoisotopic (exact) mass is 316 g/mol. The van der Waals surface area contributed by atoms with Gasteiger partial charge in [0.25, 0.3) is 0 Å². The number of aliphatic hydroxyl groups is 2. The zero-order valence-corrected chi connectivity index (χ0v) is 13.3. The van der Waals surface area contributed by atoms with Crippen molar-refractivity contribution in [3.05, 3.63) is 34.9 Å². The first-order valence-electron chi connectivity index (χ1n) is 6.33. The average Bonchev–Trinajstić information content (AvgIpc) is 2.28. The molecule has 104 valence electrons. The van der Waals surface area contributed by atoms with Gasteiger partial charge < -0.3 is 10.2 Å². The molecule has 0 unspecified atom stereocenters. The van der Waals surface area contributed by atoms with E-state index in [9.17, 15) is 0 Å². The Morgan fingerprint density at radius 1 is 1.17 bits per heavy atom. The first-order chi connectivity index (χ1) is 8.01. The number of halogens is 1. The second-order valence-electron chi connectivity index (χ2n) is 5.35. The molecule has 0 spiro atoms. The van der Waals surface area contributed by atoms with Crippen molar-refractivity contribution in [3.8, 4) is 0 Å². The largest absolute Gasteiger partial charge is 0.394 e. The van der Waals surface area contributed by atoms with Gasteiger partial charge in [0.1, 0.15) is 0 Å². The number of rotatable bonds is 1. The van der Waals surface area contributed by atoms with Gasteiger partial charge in [-0.15, -0.1) is 17.0 Å². The van der Waals surface area contributed by atoms with Crippen LogP contribution in [0.4, 0.5) is 0 Å². The highest BCUT2D eigenvalue weighted by Crippen LogP contribution is 2.36. The molecule has 0 heterocycles. The fraction of sp³-hybridized carbons (Fsp3) is 0.600. The van der Waals surface area contributed by atoms with E-state index in [2.05, 4.69) is 39.0 Å². The summed E-state index contributed by atoms with van der Waals surface area (Å²) in [6.07, 6.45) is 3.97. The van der Waals surface area contributed by atoms with Crippen LogP contribution in [0.15, 0.2) is 18.2 Å². The van der Waals surface area contributed by atoms with E-state index in [0.717, 1.165) is 0 Å². The molecular formula is C15H25BrO2. The van der Waals surface area contributed by atoms with Gasteiger partial charge in [0.2, 0.25) is 0 Å². The number of hydrogen-bond donors (Lipinski definition) is 2. The van der Waals surface area contributed by atoms with Gasteiger partial charge in [0.05, 0.1) is 13.2 Å². The molecule has 2 nitrogen and oxygen atoms in total. The van der Waals surface area contributed by atoms with E-state index in [1.165, 1.54) is 24.8 Å². The maximum absolute atomic E-state index is 7.62. The number of benzene rings is 1. The van der Waals surface area contributed by atoms with E-state index in [4.69, 9.17) is 10.2 Å². The van der Waals surface area contributed by atoms with Crippen LogP contribution in [0.1, 0.15) is 43.4 Å². The Kier molecular flexibility index (Phi) is 7.76. The fourth-order valence-electron chi connectivity index (χ4n) is 2.45. The van der Waals surface area contributed by atoms with Crippen LogP contribution < -0.4 is 0 Å². The van der Waals surface area contributed by atoms with Gasteiger partial charge in [-0.05, 0) is 42.7 Å². The van der Waals surface area contributed by atoms with Crippen LogP contribution in [0.2, 0.25) is 0 Å². The van der Waals surface area contributed by atoms with Gasteiger partial charge >= 0.3 is 0 Å². The van der Waals surface area contributed by atoms with Crippen LogP contribution in [0, 0.1) is 6.92 Å². The molecule has 3 heteroatoms. The molecule has 1 aliphatic carbocycles. The van der Waals surface area contributed by atoms with Gasteiger partial charge in [-0.2, -0.15) is 0 Å². The predicted molar refractivity (Wildman–Crippen MR) is 81.6 cm³/mol. The number of aliphatic hydroxyl groups excluding tert-OH is 2. The Morgan fingerprint density at radius 2 is 1.78 bits per heavy atom. The number of hydrogen-bond acceptors (Lipinski definition) is 2. The van der Waals surface area contributed by atoms with E-state index < -0.39 is 0 Å². The summed E-state index contributed by atoms with van der Waals surface area (Å²) in [5.74, 6) is 0. The molecule has 1 aliphatic rings. The minimum Gasteiger partial charge on any atom is -0.394 e. The van der Waals surface area contributed by atoms with Crippen LogP contribution in [-0.2, 0) is 11.8 Å². The Morgan fingerprint density at radius 3 is 2.33 bits per heavy atom. The van der Waals surface area contributed by atoms with Crippen LogP contribution in [0.5, 0.6) is 0 Å². The molecule has 18 heavy (non-hydrogen) atoms. The lowest BCUT2D eigenvalue weighted by Crippen LogP contribution is -2.23. The number of fused-ring (bicyclic) bond motifs is 1. The van der Waals surface area contributed by atoms with E-state index >= 15 is 0 Å². The standard InChI is InChI=1S/C13H18.C2H6O2.BrH/c1-10-6-7-12-11(9-10)5-4-8-13(12,2)3;3-1-2-4;/h6-7,9H,4-5,8H2,1-3H3;3-4H,1-2H2;1H. The summed E-state index contributed by atoms with van der Waals surface area (Å²) in [5, 5.41) is 15.2. The summed E-state index contributed by atoms with van der Waals surface area (Å²) in [7, 11) is 0. The smallest absolute Gasteiger partial charge is 0.0662 e. The molecule has 0 aliphatic heterocycles. The van der Waals surface area contributed by atoms with E-state index in [0.29, 0.717) is 5.41 Å². The summed E-state index contributed by atoms with van der Waals surface area (Å²) in [4.78, 5) is 0. The average molecular weight is 317 g/mol. The van der Waals surface area contributed by atoms with E-state index in [-0.39, 0.29) is 30.2 Å². The van der Waals surface area contributed by atoms with Crippen molar-refractivity contribution in [2.45, 2.75) is 45.4 Å². The van der Waals surface area contributed by atoms with Crippen molar-refractivity contribution in [2.75, 3.05) is 13.2 Å². The molecule has 0 saturated heterocycles. The van der Waals surface area contributed by atoms with Crippen LogP contribution in [0.25, 0.3) is 0 Å². The summed E-state index contributed by atoms with van der Waals surface area (Å²) in [6.45, 7) is 6.66. The van der Waals surface area contributed by atoms with Gasteiger partial charge in [-0.25, -0.2) is 0 Å². The third-order valence-electron chi connectivity index (χ3n) is 3.34. The first-order valence-corrected chi connectivity index (χ1v) is 6.33. The van der Waals surface area contributed by atoms with E-state index in [1.807, 2.05) is 0 Å². The van der Waals surface area contributed by atoms with Crippen molar-refractivity contribution in [1.82, 2.24) is 0 Å². The molecule has 0 bridgehead atoms.